The summed E-state index contributed by atoms with van der Waals surface area (Å²) in [5.74, 6) is 0.847. The zero-order chi connectivity index (χ0) is 21.0. The minimum absolute atomic E-state index is 0.0103. The van der Waals surface area contributed by atoms with Crippen molar-refractivity contribution in [3.63, 3.8) is 0 Å². The lowest BCUT2D eigenvalue weighted by molar-refractivity contribution is -0.141. The van der Waals surface area contributed by atoms with E-state index in [9.17, 15) is 14.7 Å². The molecule has 1 N–H and O–H groups in total. The Morgan fingerprint density at radius 2 is 2.07 bits per heavy atom. The molecule has 5 rings (SSSR count). The summed E-state index contributed by atoms with van der Waals surface area (Å²) in [6.45, 7) is 1.39. The van der Waals surface area contributed by atoms with E-state index in [-0.39, 0.29) is 30.4 Å². The van der Waals surface area contributed by atoms with Gasteiger partial charge >= 0.3 is 0 Å². The second kappa shape index (κ2) is 6.84. The molecular weight excluding hydrogens is 382 g/mol. The molecule has 8 nitrogen and oxygen atoms in total. The van der Waals surface area contributed by atoms with E-state index in [4.69, 9.17) is 0 Å². The van der Waals surface area contributed by atoms with Crippen LogP contribution in [0.3, 0.4) is 0 Å². The number of carbonyl (C=O) groups excluding carboxylic acids is 2. The Kier molecular flexibility index (Phi) is 4.36. The number of rotatable bonds is 3. The molecule has 1 aliphatic carbocycles. The molecule has 2 aromatic rings. The summed E-state index contributed by atoms with van der Waals surface area (Å²) >= 11 is 0. The van der Waals surface area contributed by atoms with E-state index in [0.717, 1.165) is 23.6 Å². The number of nitrogens with zero attached hydrogens (tertiary/aromatic N) is 5. The number of aliphatic hydroxyl groups excluding tert-OH is 1. The van der Waals surface area contributed by atoms with Crippen LogP contribution in [0.2, 0.25) is 0 Å². The molecule has 2 aliphatic heterocycles. The fourth-order valence-corrected chi connectivity index (χ4v) is 5.07. The lowest BCUT2D eigenvalue weighted by Crippen LogP contribution is -2.56. The van der Waals surface area contributed by atoms with Crippen LogP contribution in [0.15, 0.2) is 36.7 Å². The van der Waals surface area contributed by atoms with Crippen LogP contribution < -0.4 is 4.90 Å². The maximum Gasteiger partial charge on any atom is 0.241 e. The minimum atomic E-state index is -0.483. The highest BCUT2D eigenvalue weighted by molar-refractivity contribution is 5.84. The highest BCUT2D eigenvalue weighted by Gasteiger charge is 2.52. The van der Waals surface area contributed by atoms with Crippen LogP contribution in [-0.4, -0.2) is 76.1 Å². The summed E-state index contributed by atoms with van der Waals surface area (Å²) in [7, 11) is 3.52. The molecular formula is C22H27N5O3. The van der Waals surface area contributed by atoms with E-state index < -0.39 is 5.54 Å². The second-order valence-corrected chi connectivity index (χ2v) is 8.85. The van der Waals surface area contributed by atoms with Crippen LogP contribution in [0.4, 0.5) is 5.69 Å². The lowest BCUT2D eigenvalue weighted by atomic mass is 9.81. The number of hydrogen-bond acceptors (Lipinski definition) is 5. The molecule has 0 radical (unpaired) electrons. The molecule has 0 unspecified atom stereocenters. The highest BCUT2D eigenvalue weighted by Crippen LogP contribution is 2.47. The number of aromatic nitrogens is 2. The fourth-order valence-electron chi connectivity index (χ4n) is 5.07. The van der Waals surface area contributed by atoms with Gasteiger partial charge in [0, 0.05) is 45.5 Å². The van der Waals surface area contributed by atoms with Crippen LogP contribution in [0.5, 0.6) is 0 Å². The third kappa shape index (κ3) is 2.74. The average molecular weight is 409 g/mol. The van der Waals surface area contributed by atoms with Crippen molar-refractivity contribution >= 4 is 17.5 Å². The van der Waals surface area contributed by atoms with Gasteiger partial charge in [0.15, 0.2) is 5.82 Å². The third-order valence-electron chi connectivity index (χ3n) is 6.84. The van der Waals surface area contributed by atoms with Crippen LogP contribution in [-0.2, 0) is 15.1 Å². The zero-order valence-corrected chi connectivity index (χ0v) is 17.4. The lowest BCUT2D eigenvalue weighted by Gasteiger charge is -2.47. The van der Waals surface area contributed by atoms with Crippen molar-refractivity contribution in [2.24, 2.45) is 5.92 Å². The SMILES string of the molecule is CN(C)C(=O)CN1c2cccnc2-n2cccc2[C@]12CCN(C(=O)C1CC(O)C1)C2. The van der Waals surface area contributed by atoms with Gasteiger partial charge in [0.25, 0.3) is 0 Å². The van der Waals surface area contributed by atoms with Crippen molar-refractivity contribution in [1.29, 1.82) is 0 Å². The van der Waals surface area contributed by atoms with Gasteiger partial charge in [-0.25, -0.2) is 4.98 Å². The largest absolute Gasteiger partial charge is 0.393 e. The number of anilines is 1. The van der Waals surface area contributed by atoms with Crippen LogP contribution in [0.1, 0.15) is 25.0 Å². The van der Waals surface area contributed by atoms with E-state index >= 15 is 0 Å². The Morgan fingerprint density at radius 1 is 1.27 bits per heavy atom. The molecule has 2 amide bonds. The van der Waals surface area contributed by atoms with E-state index in [1.807, 2.05) is 29.3 Å². The smallest absolute Gasteiger partial charge is 0.241 e. The highest BCUT2D eigenvalue weighted by atomic mass is 16.3. The first-order chi connectivity index (χ1) is 14.4. The first-order valence-electron chi connectivity index (χ1n) is 10.5. The molecule has 4 heterocycles. The molecule has 1 atom stereocenters. The van der Waals surface area contributed by atoms with E-state index in [2.05, 4.69) is 20.5 Å². The summed E-state index contributed by atoms with van der Waals surface area (Å²) in [6, 6.07) is 7.97. The molecule has 158 valence electrons. The van der Waals surface area contributed by atoms with Gasteiger partial charge in [-0.1, -0.05) is 0 Å². The van der Waals surface area contributed by atoms with Crippen LogP contribution in [0.25, 0.3) is 5.82 Å². The number of likely N-dealkylation sites (N-methyl/N-ethyl adjacent to an activating group) is 1. The molecule has 1 saturated carbocycles. The van der Waals surface area contributed by atoms with Crippen LogP contribution >= 0.6 is 0 Å². The predicted octanol–water partition coefficient (Wildman–Crippen LogP) is 0.979. The Bertz CT molecular complexity index is 996. The molecule has 2 aromatic heterocycles. The molecule has 30 heavy (non-hydrogen) atoms. The van der Waals surface area contributed by atoms with Crippen molar-refractivity contribution < 1.29 is 14.7 Å². The molecule has 0 aromatic carbocycles. The van der Waals surface area contributed by atoms with E-state index in [1.54, 1.807) is 25.2 Å². The van der Waals surface area contributed by atoms with E-state index in [0.29, 0.717) is 25.9 Å². The molecule has 1 spiro atoms. The fraction of sp³-hybridized carbons (Fsp3) is 0.500. The maximum atomic E-state index is 13.0. The van der Waals surface area contributed by atoms with Crippen molar-refractivity contribution in [1.82, 2.24) is 19.4 Å². The number of fused-ring (bicyclic) bond motifs is 4. The van der Waals surface area contributed by atoms with Gasteiger partial charge in [0.1, 0.15) is 5.54 Å². The number of pyridine rings is 1. The Hall–Kier alpha value is -2.87. The van der Waals surface area contributed by atoms with Gasteiger partial charge in [-0.05, 0) is 43.5 Å². The molecule has 0 bridgehead atoms. The van der Waals surface area contributed by atoms with Gasteiger partial charge in [-0.3, -0.25) is 9.59 Å². The number of hydrogen-bond donors (Lipinski definition) is 1. The van der Waals surface area contributed by atoms with E-state index in [1.165, 1.54) is 0 Å². The molecule has 3 aliphatic rings. The van der Waals surface area contributed by atoms with Gasteiger partial charge in [0.2, 0.25) is 11.8 Å². The maximum absolute atomic E-state index is 13.0. The van der Waals surface area contributed by atoms with Crippen molar-refractivity contribution in [3.05, 3.63) is 42.4 Å². The number of likely N-dealkylation sites (tertiary alicyclic amines) is 1. The number of carbonyl (C=O) groups is 2. The monoisotopic (exact) mass is 409 g/mol. The minimum Gasteiger partial charge on any atom is -0.393 e. The summed E-state index contributed by atoms with van der Waals surface area (Å²) in [4.78, 5) is 36.1. The van der Waals surface area contributed by atoms with Crippen molar-refractivity contribution in [3.8, 4) is 5.82 Å². The van der Waals surface area contributed by atoms with Gasteiger partial charge in [-0.2, -0.15) is 0 Å². The summed E-state index contributed by atoms with van der Waals surface area (Å²) in [6.07, 6.45) is 5.25. The van der Waals surface area contributed by atoms with Crippen LogP contribution in [0, 0.1) is 5.92 Å². The first-order valence-corrected chi connectivity index (χ1v) is 10.5. The third-order valence-corrected chi connectivity index (χ3v) is 6.84. The summed E-state index contributed by atoms with van der Waals surface area (Å²) in [5, 5.41) is 9.63. The number of aliphatic hydroxyl groups is 1. The molecule has 2 fully saturated rings. The predicted molar refractivity (Wildman–Crippen MR) is 111 cm³/mol. The van der Waals surface area contributed by atoms with Crippen molar-refractivity contribution in [2.75, 3.05) is 38.6 Å². The van der Waals surface area contributed by atoms with Gasteiger partial charge in [-0.15, -0.1) is 0 Å². The number of amides is 2. The normalized spacial score (nSPS) is 26.9. The second-order valence-electron chi connectivity index (χ2n) is 8.85. The Balaban J connectivity index is 1.55. The topological polar surface area (TPSA) is 81.9 Å². The quantitative estimate of drug-likeness (QED) is 0.817. The average Bonchev–Trinajstić information content (AvgIpc) is 3.37. The molecule has 1 saturated heterocycles. The van der Waals surface area contributed by atoms with Gasteiger partial charge < -0.3 is 24.4 Å². The summed E-state index contributed by atoms with van der Waals surface area (Å²) in [5.41, 5.74) is 1.48. The molecule has 8 heteroatoms. The Morgan fingerprint density at radius 3 is 2.80 bits per heavy atom. The van der Waals surface area contributed by atoms with Gasteiger partial charge in [0.05, 0.1) is 24.0 Å². The first kappa shape index (κ1) is 19.1. The van der Waals surface area contributed by atoms with Crippen molar-refractivity contribution in [2.45, 2.75) is 30.9 Å². The standard InChI is InChI=1S/C22H27N5O3/c1-24(2)19(29)13-27-17-5-3-8-23-20(17)26-9-4-6-18(26)22(27)7-10-25(14-22)21(30)15-11-16(28)12-15/h3-6,8-9,15-16,28H,7,10-14H2,1-2H3/t15?,16?,22-/m1/s1. The zero-order valence-electron chi connectivity index (χ0n) is 17.4. The Labute approximate surface area is 175 Å². The summed E-state index contributed by atoms with van der Waals surface area (Å²) < 4.78 is 2.09.